The van der Waals surface area contributed by atoms with Crippen LogP contribution in [-0.4, -0.2) is 30.2 Å². The Balaban J connectivity index is 0.00000112. The van der Waals surface area contributed by atoms with Gasteiger partial charge in [-0.25, -0.2) is 4.98 Å². The van der Waals surface area contributed by atoms with Crippen LogP contribution in [0.15, 0.2) is 24.4 Å². The second-order valence-corrected chi connectivity index (χ2v) is 3.79. The van der Waals surface area contributed by atoms with Crippen LogP contribution in [0.5, 0.6) is 5.88 Å². The van der Waals surface area contributed by atoms with Crippen molar-refractivity contribution in [2.45, 2.75) is 12.8 Å². The molecule has 0 spiro atoms. The SMILES string of the molecule is O.[Cl-].c1ccc(OCC2CC[NH2+]CC2)nc1. The highest BCUT2D eigenvalue weighted by Gasteiger charge is 2.15. The van der Waals surface area contributed by atoms with Crippen LogP contribution in [0.25, 0.3) is 0 Å². The van der Waals surface area contributed by atoms with Gasteiger partial charge in [-0.1, -0.05) is 6.07 Å². The van der Waals surface area contributed by atoms with Gasteiger partial charge in [-0.15, -0.1) is 0 Å². The molecule has 0 bridgehead atoms. The van der Waals surface area contributed by atoms with Crippen LogP contribution in [0.1, 0.15) is 12.8 Å². The van der Waals surface area contributed by atoms with Crippen molar-refractivity contribution in [3.8, 4) is 5.88 Å². The van der Waals surface area contributed by atoms with Gasteiger partial charge in [0.05, 0.1) is 19.7 Å². The fourth-order valence-corrected chi connectivity index (χ4v) is 1.80. The molecule has 5 heteroatoms. The smallest absolute Gasteiger partial charge is 0.213 e. The van der Waals surface area contributed by atoms with Gasteiger partial charge in [-0.05, 0) is 6.07 Å². The predicted molar refractivity (Wildman–Crippen MR) is 57.7 cm³/mol. The Morgan fingerprint density at radius 3 is 2.69 bits per heavy atom. The Hall–Kier alpha value is -0.840. The fourth-order valence-electron chi connectivity index (χ4n) is 1.80. The topological polar surface area (TPSA) is 70.2 Å². The Kier molecular flexibility index (Phi) is 7.89. The summed E-state index contributed by atoms with van der Waals surface area (Å²) in [7, 11) is 0. The van der Waals surface area contributed by atoms with E-state index in [-0.39, 0.29) is 17.9 Å². The minimum Gasteiger partial charge on any atom is -1.00 e. The molecule has 1 fully saturated rings. The molecule has 4 N–H and O–H groups in total. The molecule has 0 atom stereocenters. The van der Waals surface area contributed by atoms with Crippen molar-refractivity contribution in [3.05, 3.63) is 24.4 Å². The summed E-state index contributed by atoms with van der Waals surface area (Å²) in [4.78, 5) is 4.13. The summed E-state index contributed by atoms with van der Waals surface area (Å²) >= 11 is 0. The molecule has 1 aliphatic heterocycles. The first-order valence-electron chi connectivity index (χ1n) is 5.30. The molecule has 0 radical (unpaired) electrons. The number of nitrogens with zero attached hydrogens (tertiary/aromatic N) is 1. The lowest BCUT2D eigenvalue weighted by molar-refractivity contribution is -0.664. The standard InChI is InChI=1S/C11H16N2O.ClH.H2O/c1-2-6-13-11(3-1)14-9-10-4-7-12-8-5-10;;/h1-3,6,10,12H,4-5,7-9H2;1H;1H2. The summed E-state index contributed by atoms with van der Waals surface area (Å²) in [5, 5.41) is 2.37. The monoisotopic (exact) mass is 246 g/mol. The number of halogens is 1. The third-order valence-corrected chi connectivity index (χ3v) is 2.66. The number of ether oxygens (including phenoxy) is 1. The first-order valence-corrected chi connectivity index (χ1v) is 5.30. The molecule has 16 heavy (non-hydrogen) atoms. The Morgan fingerprint density at radius 2 is 2.06 bits per heavy atom. The number of hydrogen-bond donors (Lipinski definition) is 1. The molecule has 0 saturated carbocycles. The molecule has 1 aromatic rings. The second-order valence-electron chi connectivity index (χ2n) is 3.79. The number of quaternary nitrogens is 1. The van der Waals surface area contributed by atoms with Crippen LogP contribution >= 0.6 is 0 Å². The van der Waals surface area contributed by atoms with Gasteiger partial charge in [0, 0.05) is 31.0 Å². The van der Waals surface area contributed by atoms with Crippen LogP contribution in [0.4, 0.5) is 0 Å². The number of hydrogen-bond acceptors (Lipinski definition) is 2. The maximum atomic E-state index is 5.62. The van der Waals surface area contributed by atoms with E-state index < -0.39 is 0 Å². The van der Waals surface area contributed by atoms with Gasteiger partial charge in [0.2, 0.25) is 5.88 Å². The average Bonchev–Trinajstić information content (AvgIpc) is 2.29. The Morgan fingerprint density at radius 1 is 1.31 bits per heavy atom. The van der Waals surface area contributed by atoms with Gasteiger partial charge < -0.3 is 27.9 Å². The van der Waals surface area contributed by atoms with Crippen molar-refractivity contribution in [2.24, 2.45) is 5.92 Å². The summed E-state index contributed by atoms with van der Waals surface area (Å²) in [6, 6.07) is 5.77. The zero-order valence-corrected chi connectivity index (χ0v) is 9.99. The van der Waals surface area contributed by atoms with E-state index in [2.05, 4.69) is 10.3 Å². The quantitative estimate of drug-likeness (QED) is 0.605. The zero-order valence-electron chi connectivity index (χ0n) is 9.23. The molecular weight excluding hydrogens is 228 g/mol. The number of piperidine rings is 1. The first kappa shape index (κ1) is 15.2. The molecule has 0 amide bonds. The molecule has 0 aromatic carbocycles. The highest BCUT2D eigenvalue weighted by Crippen LogP contribution is 2.11. The molecular formula is C11H19ClN2O2. The molecule has 1 aromatic heterocycles. The van der Waals surface area contributed by atoms with Crippen molar-refractivity contribution in [1.29, 1.82) is 0 Å². The second kappa shape index (κ2) is 8.33. The molecule has 2 rings (SSSR count). The van der Waals surface area contributed by atoms with Crippen LogP contribution in [0.3, 0.4) is 0 Å². The lowest BCUT2D eigenvalue weighted by atomic mass is 9.99. The van der Waals surface area contributed by atoms with Gasteiger partial charge in [-0.2, -0.15) is 0 Å². The summed E-state index contributed by atoms with van der Waals surface area (Å²) in [6.07, 6.45) is 4.31. The van der Waals surface area contributed by atoms with Gasteiger partial charge in [-0.3, -0.25) is 0 Å². The summed E-state index contributed by atoms with van der Waals surface area (Å²) in [5.41, 5.74) is 0. The van der Waals surface area contributed by atoms with Crippen molar-refractivity contribution in [3.63, 3.8) is 0 Å². The predicted octanol–water partition coefficient (Wildman–Crippen LogP) is -3.39. The largest absolute Gasteiger partial charge is 1.00 e. The van der Waals surface area contributed by atoms with Crippen molar-refractivity contribution >= 4 is 0 Å². The molecule has 92 valence electrons. The third-order valence-electron chi connectivity index (χ3n) is 2.66. The van der Waals surface area contributed by atoms with Gasteiger partial charge >= 0.3 is 0 Å². The minimum absolute atomic E-state index is 0. The Labute approximate surface area is 102 Å². The van der Waals surface area contributed by atoms with E-state index >= 15 is 0 Å². The fraction of sp³-hybridized carbons (Fsp3) is 0.545. The molecule has 2 heterocycles. The number of rotatable bonds is 3. The zero-order chi connectivity index (χ0) is 9.64. The van der Waals surface area contributed by atoms with E-state index in [0.717, 1.165) is 18.4 Å². The highest BCUT2D eigenvalue weighted by atomic mass is 35.5. The number of nitrogens with two attached hydrogens (primary N) is 1. The molecule has 0 aliphatic carbocycles. The van der Waals surface area contributed by atoms with E-state index in [4.69, 9.17) is 4.74 Å². The van der Waals surface area contributed by atoms with E-state index in [1.54, 1.807) is 6.20 Å². The summed E-state index contributed by atoms with van der Waals surface area (Å²) in [6.45, 7) is 3.32. The van der Waals surface area contributed by atoms with Crippen molar-refractivity contribution < 1.29 is 27.9 Å². The van der Waals surface area contributed by atoms with Gasteiger partial charge in [0.15, 0.2) is 0 Å². The van der Waals surface area contributed by atoms with E-state index in [1.807, 2.05) is 18.2 Å². The van der Waals surface area contributed by atoms with Crippen LogP contribution in [-0.2, 0) is 0 Å². The lowest BCUT2D eigenvalue weighted by Crippen LogP contribution is -3.00. The van der Waals surface area contributed by atoms with Gasteiger partial charge in [0.1, 0.15) is 0 Å². The number of aromatic nitrogens is 1. The van der Waals surface area contributed by atoms with E-state index in [9.17, 15) is 0 Å². The highest BCUT2D eigenvalue weighted by molar-refractivity contribution is 5.09. The molecule has 4 nitrogen and oxygen atoms in total. The normalized spacial score (nSPS) is 15.8. The van der Waals surface area contributed by atoms with Gasteiger partial charge in [0.25, 0.3) is 0 Å². The number of pyridine rings is 1. The maximum absolute atomic E-state index is 5.62. The van der Waals surface area contributed by atoms with Crippen LogP contribution in [0.2, 0.25) is 0 Å². The molecule has 1 saturated heterocycles. The maximum Gasteiger partial charge on any atom is 0.213 e. The summed E-state index contributed by atoms with van der Waals surface area (Å²) < 4.78 is 5.62. The average molecular weight is 247 g/mol. The minimum atomic E-state index is 0. The van der Waals surface area contributed by atoms with Crippen molar-refractivity contribution in [2.75, 3.05) is 19.7 Å². The third kappa shape index (κ3) is 4.79. The van der Waals surface area contributed by atoms with E-state index in [1.165, 1.54) is 25.9 Å². The van der Waals surface area contributed by atoms with Crippen LogP contribution in [0, 0.1) is 5.92 Å². The molecule has 1 aliphatic rings. The van der Waals surface area contributed by atoms with Crippen molar-refractivity contribution in [1.82, 2.24) is 4.98 Å². The first-order chi connectivity index (χ1) is 6.95. The van der Waals surface area contributed by atoms with Crippen LogP contribution < -0.4 is 22.5 Å². The van der Waals surface area contributed by atoms with E-state index in [0.29, 0.717) is 0 Å². The Bertz CT molecular complexity index is 266. The lowest BCUT2D eigenvalue weighted by Gasteiger charge is -2.19. The summed E-state index contributed by atoms with van der Waals surface area (Å²) in [5.74, 6) is 1.48. The molecule has 0 unspecified atom stereocenters.